The largest absolute Gasteiger partial charge is 0.374 e. The minimum atomic E-state index is 0.303. The zero-order valence-corrected chi connectivity index (χ0v) is 9.58. The number of rotatable bonds is 4. The Kier molecular flexibility index (Phi) is 4.15. The summed E-state index contributed by atoms with van der Waals surface area (Å²) in [5.74, 6) is 0.592. The van der Waals surface area contributed by atoms with E-state index in [1.165, 1.54) is 11.1 Å². The van der Waals surface area contributed by atoms with Gasteiger partial charge in [-0.25, -0.2) is 0 Å². The molecule has 0 atom stereocenters. The van der Waals surface area contributed by atoms with E-state index in [9.17, 15) is 0 Å². The van der Waals surface area contributed by atoms with E-state index in [0.717, 1.165) is 6.61 Å². The summed E-state index contributed by atoms with van der Waals surface area (Å²) >= 11 is 0. The van der Waals surface area contributed by atoms with Crippen molar-refractivity contribution in [2.24, 2.45) is 0 Å². The van der Waals surface area contributed by atoms with E-state index in [4.69, 9.17) is 4.74 Å². The van der Waals surface area contributed by atoms with Gasteiger partial charge in [-0.05, 0) is 30.9 Å². The van der Waals surface area contributed by atoms with Gasteiger partial charge < -0.3 is 4.74 Å². The summed E-state index contributed by atoms with van der Waals surface area (Å²) in [6, 6.07) is 8.62. The molecule has 14 heavy (non-hydrogen) atoms. The molecular formula is C13H20O. The lowest BCUT2D eigenvalue weighted by Gasteiger charge is -2.10. The minimum Gasteiger partial charge on any atom is -0.374 e. The van der Waals surface area contributed by atoms with Gasteiger partial charge in [0.2, 0.25) is 0 Å². The first-order valence-electron chi connectivity index (χ1n) is 5.30. The molecule has 1 rings (SSSR count). The molecule has 0 spiro atoms. The Bertz CT molecular complexity index is 276. The van der Waals surface area contributed by atoms with Gasteiger partial charge in [0, 0.05) is 0 Å². The minimum absolute atomic E-state index is 0.303. The zero-order chi connectivity index (χ0) is 10.6. The summed E-state index contributed by atoms with van der Waals surface area (Å²) in [7, 11) is 0. The monoisotopic (exact) mass is 192 g/mol. The van der Waals surface area contributed by atoms with E-state index in [0.29, 0.717) is 12.0 Å². The number of benzene rings is 1. The highest BCUT2D eigenvalue weighted by atomic mass is 16.5. The van der Waals surface area contributed by atoms with Crippen molar-refractivity contribution in [1.82, 2.24) is 0 Å². The maximum Gasteiger partial charge on any atom is 0.0720 e. The second kappa shape index (κ2) is 5.16. The van der Waals surface area contributed by atoms with Crippen LogP contribution in [0.1, 0.15) is 44.7 Å². The van der Waals surface area contributed by atoms with Crippen molar-refractivity contribution in [2.45, 2.75) is 46.3 Å². The predicted molar refractivity (Wildman–Crippen MR) is 60.5 cm³/mol. The molecule has 0 aliphatic heterocycles. The Balaban J connectivity index is 2.64. The van der Waals surface area contributed by atoms with Crippen LogP contribution in [-0.4, -0.2) is 6.10 Å². The van der Waals surface area contributed by atoms with Crippen molar-refractivity contribution in [1.29, 1.82) is 0 Å². The standard InChI is InChI=1S/C13H20O/c1-10(2)13-7-5-6-12(8-13)9-14-11(3)4/h5-8,10-11H,9H2,1-4H3. The molecule has 1 heteroatoms. The molecule has 0 amide bonds. The summed E-state index contributed by atoms with van der Waals surface area (Å²) in [5, 5.41) is 0. The molecule has 0 fully saturated rings. The molecule has 0 aromatic heterocycles. The summed E-state index contributed by atoms with van der Waals surface area (Å²) in [6.07, 6.45) is 0.303. The molecule has 0 saturated heterocycles. The highest BCUT2D eigenvalue weighted by Gasteiger charge is 2.01. The fourth-order valence-corrected chi connectivity index (χ4v) is 1.30. The van der Waals surface area contributed by atoms with Crippen molar-refractivity contribution < 1.29 is 4.74 Å². The lowest BCUT2D eigenvalue weighted by atomic mass is 10.0. The van der Waals surface area contributed by atoms with Gasteiger partial charge in [0.25, 0.3) is 0 Å². The molecular weight excluding hydrogens is 172 g/mol. The number of hydrogen-bond acceptors (Lipinski definition) is 1. The van der Waals surface area contributed by atoms with Crippen LogP contribution in [0.4, 0.5) is 0 Å². The molecule has 0 saturated carbocycles. The van der Waals surface area contributed by atoms with Gasteiger partial charge in [-0.15, -0.1) is 0 Å². The normalized spacial score (nSPS) is 11.3. The Labute approximate surface area is 87.1 Å². The SMILES string of the molecule is CC(C)OCc1cccc(C(C)C)c1. The van der Waals surface area contributed by atoms with E-state index in [2.05, 4.69) is 52.0 Å². The second-order valence-electron chi connectivity index (χ2n) is 4.26. The molecule has 1 aromatic carbocycles. The van der Waals surface area contributed by atoms with Crippen molar-refractivity contribution >= 4 is 0 Å². The zero-order valence-electron chi connectivity index (χ0n) is 9.58. The number of hydrogen-bond donors (Lipinski definition) is 0. The highest BCUT2D eigenvalue weighted by Crippen LogP contribution is 2.16. The lowest BCUT2D eigenvalue weighted by Crippen LogP contribution is -2.02. The Hall–Kier alpha value is -0.820. The van der Waals surface area contributed by atoms with Gasteiger partial charge in [0.15, 0.2) is 0 Å². The van der Waals surface area contributed by atoms with Crippen LogP contribution >= 0.6 is 0 Å². The maximum atomic E-state index is 5.56. The first kappa shape index (κ1) is 11.3. The van der Waals surface area contributed by atoms with Crippen LogP contribution in [0.2, 0.25) is 0 Å². The molecule has 0 unspecified atom stereocenters. The first-order chi connectivity index (χ1) is 6.59. The molecule has 0 N–H and O–H groups in total. The molecule has 1 aromatic rings. The second-order valence-corrected chi connectivity index (χ2v) is 4.26. The predicted octanol–water partition coefficient (Wildman–Crippen LogP) is 3.74. The lowest BCUT2D eigenvalue weighted by molar-refractivity contribution is 0.0657. The van der Waals surface area contributed by atoms with Gasteiger partial charge in [-0.3, -0.25) is 0 Å². The summed E-state index contributed by atoms with van der Waals surface area (Å²) in [4.78, 5) is 0. The van der Waals surface area contributed by atoms with Gasteiger partial charge in [0.05, 0.1) is 12.7 Å². The molecule has 1 nitrogen and oxygen atoms in total. The fourth-order valence-electron chi connectivity index (χ4n) is 1.30. The van der Waals surface area contributed by atoms with Crippen LogP contribution in [0.25, 0.3) is 0 Å². The van der Waals surface area contributed by atoms with Crippen molar-refractivity contribution in [3.63, 3.8) is 0 Å². The number of ether oxygens (including phenoxy) is 1. The van der Waals surface area contributed by atoms with Crippen molar-refractivity contribution in [2.75, 3.05) is 0 Å². The molecule has 0 aliphatic rings. The summed E-state index contributed by atoms with van der Waals surface area (Å²) in [6.45, 7) is 9.27. The summed E-state index contributed by atoms with van der Waals surface area (Å²) < 4.78 is 5.56. The van der Waals surface area contributed by atoms with Crippen molar-refractivity contribution in [3.05, 3.63) is 35.4 Å². The van der Waals surface area contributed by atoms with Gasteiger partial charge in [0.1, 0.15) is 0 Å². The molecule has 78 valence electrons. The Morgan fingerprint density at radius 1 is 1.14 bits per heavy atom. The van der Waals surface area contributed by atoms with Crippen LogP contribution < -0.4 is 0 Å². The van der Waals surface area contributed by atoms with Crippen molar-refractivity contribution in [3.8, 4) is 0 Å². The fraction of sp³-hybridized carbons (Fsp3) is 0.538. The topological polar surface area (TPSA) is 9.23 Å². The maximum absolute atomic E-state index is 5.56. The highest BCUT2D eigenvalue weighted by molar-refractivity contribution is 5.25. The summed E-state index contributed by atoms with van der Waals surface area (Å²) in [5.41, 5.74) is 2.65. The van der Waals surface area contributed by atoms with E-state index < -0.39 is 0 Å². The van der Waals surface area contributed by atoms with Crippen LogP contribution in [0.15, 0.2) is 24.3 Å². The third-order valence-electron chi connectivity index (χ3n) is 2.20. The Morgan fingerprint density at radius 2 is 1.86 bits per heavy atom. The van der Waals surface area contributed by atoms with E-state index in [1.54, 1.807) is 0 Å². The smallest absolute Gasteiger partial charge is 0.0720 e. The first-order valence-corrected chi connectivity index (χ1v) is 5.30. The Morgan fingerprint density at radius 3 is 2.43 bits per heavy atom. The third kappa shape index (κ3) is 3.51. The van der Waals surface area contributed by atoms with Gasteiger partial charge in [-0.1, -0.05) is 38.1 Å². The van der Waals surface area contributed by atoms with Gasteiger partial charge in [-0.2, -0.15) is 0 Å². The molecule has 0 radical (unpaired) electrons. The van der Waals surface area contributed by atoms with Crippen LogP contribution in [0.3, 0.4) is 0 Å². The van der Waals surface area contributed by atoms with E-state index in [1.807, 2.05) is 0 Å². The van der Waals surface area contributed by atoms with Gasteiger partial charge >= 0.3 is 0 Å². The quantitative estimate of drug-likeness (QED) is 0.706. The molecule has 0 bridgehead atoms. The van der Waals surface area contributed by atoms with E-state index >= 15 is 0 Å². The molecule has 0 heterocycles. The molecule has 0 aliphatic carbocycles. The van der Waals surface area contributed by atoms with Crippen LogP contribution in [-0.2, 0) is 11.3 Å². The third-order valence-corrected chi connectivity index (χ3v) is 2.20. The van der Waals surface area contributed by atoms with Crippen LogP contribution in [0, 0.1) is 0 Å². The average Bonchev–Trinajstić information content (AvgIpc) is 2.15. The average molecular weight is 192 g/mol. The van der Waals surface area contributed by atoms with Crippen LogP contribution in [0.5, 0.6) is 0 Å². The van der Waals surface area contributed by atoms with E-state index in [-0.39, 0.29) is 0 Å².